The summed E-state index contributed by atoms with van der Waals surface area (Å²) in [6, 6.07) is 2.03. The van der Waals surface area contributed by atoms with Gasteiger partial charge in [0.05, 0.1) is 0 Å². The van der Waals surface area contributed by atoms with Gasteiger partial charge in [0, 0.05) is 25.2 Å². The third-order valence-corrected chi connectivity index (χ3v) is 2.74. The minimum atomic E-state index is 0.330. The van der Waals surface area contributed by atoms with Crippen molar-refractivity contribution in [2.75, 3.05) is 12.4 Å². The van der Waals surface area contributed by atoms with Gasteiger partial charge < -0.3 is 5.32 Å². The highest BCUT2D eigenvalue weighted by atomic mass is 15.0. The highest BCUT2D eigenvalue weighted by Gasteiger charge is 2.13. The summed E-state index contributed by atoms with van der Waals surface area (Å²) >= 11 is 0. The van der Waals surface area contributed by atoms with Gasteiger partial charge in [0.25, 0.3) is 0 Å². The standard InChI is InChI=1S/C14H25N3/c1-10(2)11-9-13(15-6)17-12(16-11)7-8-14(3,4)5/h9-10H,7-8H2,1-6H3,(H,15,16,17). The van der Waals surface area contributed by atoms with Gasteiger partial charge in [-0.25, -0.2) is 9.97 Å². The topological polar surface area (TPSA) is 37.8 Å². The molecule has 0 saturated carbocycles. The van der Waals surface area contributed by atoms with Crippen molar-refractivity contribution in [3.05, 3.63) is 17.6 Å². The van der Waals surface area contributed by atoms with E-state index in [0.717, 1.165) is 30.2 Å². The first-order valence-corrected chi connectivity index (χ1v) is 6.37. The number of hydrogen-bond donors (Lipinski definition) is 1. The lowest BCUT2D eigenvalue weighted by molar-refractivity contribution is 0.374. The maximum absolute atomic E-state index is 4.63. The van der Waals surface area contributed by atoms with Gasteiger partial charge >= 0.3 is 0 Å². The molecule has 0 amide bonds. The van der Waals surface area contributed by atoms with Gasteiger partial charge in [0.2, 0.25) is 0 Å². The molecule has 96 valence electrons. The number of nitrogens with zero attached hydrogens (tertiary/aromatic N) is 2. The third-order valence-electron chi connectivity index (χ3n) is 2.74. The first-order chi connectivity index (χ1) is 7.81. The second kappa shape index (κ2) is 5.48. The van der Waals surface area contributed by atoms with Gasteiger partial charge in [0.1, 0.15) is 11.6 Å². The van der Waals surface area contributed by atoms with Crippen molar-refractivity contribution >= 4 is 5.82 Å². The fraction of sp³-hybridized carbons (Fsp3) is 0.714. The molecule has 0 bridgehead atoms. The monoisotopic (exact) mass is 235 g/mol. The summed E-state index contributed by atoms with van der Waals surface area (Å²) in [5.74, 6) is 2.32. The van der Waals surface area contributed by atoms with Gasteiger partial charge in [-0.3, -0.25) is 0 Å². The summed E-state index contributed by atoms with van der Waals surface area (Å²) < 4.78 is 0. The smallest absolute Gasteiger partial charge is 0.131 e. The minimum Gasteiger partial charge on any atom is -0.373 e. The second-order valence-corrected chi connectivity index (χ2v) is 6.06. The fourth-order valence-corrected chi connectivity index (χ4v) is 1.54. The van der Waals surface area contributed by atoms with E-state index in [-0.39, 0.29) is 0 Å². The maximum atomic E-state index is 4.63. The molecule has 1 rings (SSSR count). The summed E-state index contributed by atoms with van der Waals surface area (Å²) in [7, 11) is 1.90. The van der Waals surface area contributed by atoms with Crippen molar-refractivity contribution in [2.45, 2.75) is 53.4 Å². The predicted octanol–water partition coefficient (Wildman–Crippen LogP) is 3.62. The molecule has 0 unspecified atom stereocenters. The van der Waals surface area contributed by atoms with E-state index in [1.54, 1.807) is 0 Å². The third kappa shape index (κ3) is 4.72. The molecule has 3 nitrogen and oxygen atoms in total. The summed E-state index contributed by atoms with van der Waals surface area (Å²) in [6.07, 6.45) is 2.05. The molecule has 1 N–H and O–H groups in total. The van der Waals surface area contributed by atoms with Crippen LogP contribution in [0.2, 0.25) is 0 Å². The Balaban J connectivity index is 2.87. The Bertz CT molecular complexity index is 364. The SMILES string of the molecule is CNc1cc(C(C)C)nc(CCC(C)(C)C)n1. The van der Waals surface area contributed by atoms with Crippen LogP contribution in [-0.4, -0.2) is 17.0 Å². The molecular formula is C14H25N3. The van der Waals surface area contributed by atoms with E-state index in [0.29, 0.717) is 11.3 Å². The number of anilines is 1. The average Bonchev–Trinajstić information content (AvgIpc) is 2.25. The van der Waals surface area contributed by atoms with Gasteiger partial charge in [-0.1, -0.05) is 34.6 Å². The number of nitrogens with one attached hydrogen (secondary N) is 1. The Morgan fingerprint density at radius 1 is 1.24 bits per heavy atom. The minimum absolute atomic E-state index is 0.330. The molecule has 1 heterocycles. The van der Waals surface area contributed by atoms with E-state index >= 15 is 0 Å². The van der Waals surface area contributed by atoms with E-state index in [1.807, 2.05) is 13.1 Å². The molecule has 0 atom stereocenters. The predicted molar refractivity (Wildman–Crippen MR) is 73.4 cm³/mol. The molecule has 1 aromatic heterocycles. The first-order valence-electron chi connectivity index (χ1n) is 6.37. The summed E-state index contributed by atoms with van der Waals surface area (Å²) in [5.41, 5.74) is 1.45. The molecule has 3 heteroatoms. The molecule has 1 aromatic rings. The molecular weight excluding hydrogens is 210 g/mol. The van der Waals surface area contributed by atoms with Gasteiger partial charge in [-0.05, 0) is 17.8 Å². The zero-order valence-electron chi connectivity index (χ0n) is 12.0. The van der Waals surface area contributed by atoms with Crippen LogP contribution in [0, 0.1) is 5.41 Å². The zero-order chi connectivity index (χ0) is 13.1. The fourth-order valence-electron chi connectivity index (χ4n) is 1.54. The molecule has 0 spiro atoms. The van der Waals surface area contributed by atoms with Crippen LogP contribution in [0.1, 0.15) is 58.5 Å². The lowest BCUT2D eigenvalue weighted by Crippen LogP contribution is -2.10. The van der Waals surface area contributed by atoms with Crippen LogP contribution in [0.4, 0.5) is 5.82 Å². The van der Waals surface area contributed by atoms with Gasteiger partial charge in [0.15, 0.2) is 0 Å². The number of aryl methyl sites for hydroxylation is 1. The molecule has 0 saturated heterocycles. The Hall–Kier alpha value is -1.12. The van der Waals surface area contributed by atoms with E-state index in [2.05, 4.69) is 49.9 Å². The highest BCUT2D eigenvalue weighted by molar-refractivity contribution is 5.36. The van der Waals surface area contributed by atoms with Crippen LogP contribution in [0.5, 0.6) is 0 Å². The van der Waals surface area contributed by atoms with E-state index < -0.39 is 0 Å². The second-order valence-electron chi connectivity index (χ2n) is 6.06. The average molecular weight is 235 g/mol. The van der Waals surface area contributed by atoms with Crippen LogP contribution in [0.15, 0.2) is 6.07 Å². The highest BCUT2D eigenvalue weighted by Crippen LogP contribution is 2.22. The molecule has 0 fully saturated rings. The largest absolute Gasteiger partial charge is 0.373 e. The van der Waals surface area contributed by atoms with Gasteiger partial charge in [-0.2, -0.15) is 0 Å². The maximum Gasteiger partial charge on any atom is 0.131 e. The van der Waals surface area contributed by atoms with E-state index in [1.165, 1.54) is 0 Å². The molecule has 17 heavy (non-hydrogen) atoms. The van der Waals surface area contributed by atoms with E-state index in [4.69, 9.17) is 0 Å². The Labute approximate surface area is 105 Å². The summed E-state index contributed by atoms with van der Waals surface area (Å²) in [5, 5.41) is 3.11. The first kappa shape index (κ1) is 13.9. The zero-order valence-corrected chi connectivity index (χ0v) is 12.0. The molecule has 0 aliphatic rings. The quantitative estimate of drug-likeness (QED) is 0.866. The Kier molecular flexibility index (Phi) is 4.49. The Morgan fingerprint density at radius 2 is 1.88 bits per heavy atom. The normalized spacial score (nSPS) is 11.9. The van der Waals surface area contributed by atoms with Crippen molar-refractivity contribution in [3.63, 3.8) is 0 Å². The van der Waals surface area contributed by atoms with Gasteiger partial charge in [-0.15, -0.1) is 0 Å². The summed E-state index contributed by atoms with van der Waals surface area (Å²) in [4.78, 5) is 9.15. The molecule has 0 aliphatic heterocycles. The molecule has 0 radical (unpaired) electrons. The number of hydrogen-bond acceptors (Lipinski definition) is 3. The summed E-state index contributed by atoms with van der Waals surface area (Å²) in [6.45, 7) is 11.1. The van der Waals surface area contributed by atoms with Crippen molar-refractivity contribution in [3.8, 4) is 0 Å². The van der Waals surface area contributed by atoms with Crippen LogP contribution in [-0.2, 0) is 6.42 Å². The number of aromatic nitrogens is 2. The van der Waals surface area contributed by atoms with Crippen LogP contribution in [0.3, 0.4) is 0 Å². The van der Waals surface area contributed by atoms with Crippen LogP contribution < -0.4 is 5.32 Å². The molecule has 0 aromatic carbocycles. The lowest BCUT2D eigenvalue weighted by atomic mass is 9.90. The van der Waals surface area contributed by atoms with E-state index in [9.17, 15) is 0 Å². The Morgan fingerprint density at radius 3 is 2.35 bits per heavy atom. The van der Waals surface area contributed by atoms with Crippen LogP contribution >= 0.6 is 0 Å². The van der Waals surface area contributed by atoms with Crippen molar-refractivity contribution < 1.29 is 0 Å². The van der Waals surface area contributed by atoms with Crippen molar-refractivity contribution in [1.82, 2.24) is 9.97 Å². The lowest BCUT2D eigenvalue weighted by Gasteiger charge is -2.18. The van der Waals surface area contributed by atoms with Crippen molar-refractivity contribution in [1.29, 1.82) is 0 Å². The van der Waals surface area contributed by atoms with Crippen molar-refractivity contribution in [2.24, 2.45) is 5.41 Å². The van der Waals surface area contributed by atoms with Crippen LogP contribution in [0.25, 0.3) is 0 Å². The number of rotatable bonds is 4. The molecule has 0 aliphatic carbocycles.